The Hall–Kier alpha value is -1.55. The van der Waals surface area contributed by atoms with Crippen molar-refractivity contribution in [2.45, 2.75) is 56.4 Å². The largest absolute Gasteiger partial charge is 0.455 e. The topological polar surface area (TPSA) is 46.6 Å². The quantitative estimate of drug-likeness (QED) is 0.587. The van der Waals surface area contributed by atoms with Crippen LogP contribution in [0.15, 0.2) is 24.3 Å². The number of alkyl halides is 1. The van der Waals surface area contributed by atoms with Crippen molar-refractivity contribution in [2.24, 2.45) is 17.3 Å². The van der Waals surface area contributed by atoms with Crippen LogP contribution in [0.4, 0.5) is 0 Å². The lowest BCUT2D eigenvalue weighted by molar-refractivity contribution is -0.173. The van der Waals surface area contributed by atoms with Crippen LogP contribution in [0.5, 0.6) is 0 Å². The van der Waals surface area contributed by atoms with Crippen LogP contribution in [-0.4, -0.2) is 34.8 Å². The van der Waals surface area contributed by atoms with Gasteiger partial charge in [-0.1, -0.05) is 24.3 Å². The molecule has 144 valence electrons. The lowest BCUT2D eigenvalue weighted by atomic mass is 9.49. The second-order valence-corrected chi connectivity index (χ2v) is 10.1. The number of amides is 1. The first-order valence-corrected chi connectivity index (χ1v) is 10.5. The lowest BCUT2D eigenvalue weighted by Gasteiger charge is -2.58. The Morgan fingerprint density at radius 1 is 1.11 bits per heavy atom. The number of hydrogen-bond donors (Lipinski definition) is 0. The third-order valence-electron chi connectivity index (χ3n) is 7.23. The van der Waals surface area contributed by atoms with E-state index in [0.29, 0.717) is 24.9 Å². The zero-order valence-corrected chi connectivity index (χ0v) is 16.3. The summed E-state index contributed by atoms with van der Waals surface area (Å²) in [5, 5.41) is 0. The van der Waals surface area contributed by atoms with Gasteiger partial charge in [-0.2, -0.15) is 0 Å². The maximum atomic E-state index is 13.0. The number of rotatable bonds is 3. The summed E-state index contributed by atoms with van der Waals surface area (Å²) >= 11 is 6.81. The zero-order valence-electron chi connectivity index (χ0n) is 15.6. The van der Waals surface area contributed by atoms with Crippen molar-refractivity contribution in [3.8, 4) is 0 Å². The summed E-state index contributed by atoms with van der Waals surface area (Å²) in [5.74, 6) is 0.812. The van der Waals surface area contributed by atoms with Gasteiger partial charge in [-0.05, 0) is 67.9 Å². The normalized spacial score (nSPS) is 36.4. The molecule has 4 nitrogen and oxygen atoms in total. The average Bonchev–Trinajstić information content (AvgIpc) is 2.63. The number of benzene rings is 1. The third-order valence-corrected chi connectivity index (χ3v) is 7.68. The monoisotopic (exact) mass is 387 g/mol. The van der Waals surface area contributed by atoms with E-state index in [2.05, 4.69) is 12.1 Å². The van der Waals surface area contributed by atoms with Gasteiger partial charge in [0.1, 0.15) is 0 Å². The highest BCUT2D eigenvalue weighted by Gasteiger charge is 2.60. The van der Waals surface area contributed by atoms with E-state index in [1.165, 1.54) is 17.5 Å². The van der Waals surface area contributed by atoms with Gasteiger partial charge in [0.25, 0.3) is 5.91 Å². The molecule has 1 aromatic carbocycles. The fraction of sp³-hybridized carbons (Fsp3) is 0.636. The van der Waals surface area contributed by atoms with Gasteiger partial charge in [0.05, 0.1) is 5.41 Å². The van der Waals surface area contributed by atoms with Crippen LogP contribution >= 0.6 is 11.6 Å². The molecule has 1 amide bonds. The van der Waals surface area contributed by atoms with Crippen LogP contribution in [0, 0.1) is 17.3 Å². The number of carbonyl (C=O) groups excluding carboxylic acids is 2. The Kier molecular flexibility index (Phi) is 4.05. The van der Waals surface area contributed by atoms with E-state index in [9.17, 15) is 9.59 Å². The van der Waals surface area contributed by atoms with Crippen molar-refractivity contribution in [2.75, 3.05) is 13.2 Å². The summed E-state index contributed by atoms with van der Waals surface area (Å²) in [5.41, 5.74) is 2.05. The molecule has 1 aliphatic heterocycles. The number of hydrogen-bond acceptors (Lipinski definition) is 3. The molecular formula is C22H26ClNO3. The molecular weight excluding hydrogens is 362 g/mol. The van der Waals surface area contributed by atoms with E-state index in [0.717, 1.165) is 38.5 Å². The van der Waals surface area contributed by atoms with E-state index in [4.69, 9.17) is 16.3 Å². The Morgan fingerprint density at radius 3 is 2.52 bits per heavy atom. The molecule has 27 heavy (non-hydrogen) atoms. The fourth-order valence-electron chi connectivity index (χ4n) is 6.47. The van der Waals surface area contributed by atoms with E-state index in [1.54, 1.807) is 4.90 Å². The van der Waals surface area contributed by atoms with Gasteiger partial charge in [0.15, 0.2) is 6.61 Å². The van der Waals surface area contributed by atoms with Crippen molar-refractivity contribution in [1.82, 2.24) is 4.90 Å². The second kappa shape index (κ2) is 6.23. The van der Waals surface area contributed by atoms with Crippen LogP contribution in [0.1, 0.15) is 49.7 Å². The van der Waals surface area contributed by atoms with Crippen molar-refractivity contribution in [1.29, 1.82) is 0 Å². The Labute approximate surface area is 165 Å². The summed E-state index contributed by atoms with van der Waals surface area (Å²) in [4.78, 5) is 27.2. The standard InChI is InChI=1S/C22H26ClNO3/c23-22-10-15-7-16(11-22)9-21(8-15,14-22)20(26)27-13-19(25)24-6-5-17-3-1-2-4-18(17)12-24/h1-4,15-16H,5-14H2. The first-order valence-electron chi connectivity index (χ1n) is 10.2. The van der Waals surface area contributed by atoms with Crippen molar-refractivity contribution >= 4 is 23.5 Å². The first-order chi connectivity index (χ1) is 12.9. The summed E-state index contributed by atoms with van der Waals surface area (Å²) in [6, 6.07) is 8.22. The highest BCUT2D eigenvalue weighted by molar-refractivity contribution is 6.24. The van der Waals surface area contributed by atoms with Crippen LogP contribution in [-0.2, 0) is 27.3 Å². The summed E-state index contributed by atoms with van der Waals surface area (Å²) < 4.78 is 5.59. The summed E-state index contributed by atoms with van der Waals surface area (Å²) in [6.45, 7) is 1.15. The van der Waals surface area contributed by atoms with Gasteiger partial charge in [-0.25, -0.2) is 0 Å². The van der Waals surface area contributed by atoms with E-state index in [1.807, 2.05) is 12.1 Å². The van der Waals surface area contributed by atoms with E-state index >= 15 is 0 Å². The number of carbonyl (C=O) groups is 2. The molecule has 5 heteroatoms. The SMILES string of the molecule is O=C(COC(=O)C12CC3CC(CC(Cl)(C3)C1)C2)N1CCc2ccccc2C1. The molecule has 2 atom stereocenters. The highest BCUT2D eigenvalue weighted by Crippen LogP contribution is 2.64. The first kappa shape index (κ1) is 17.5. The van der Waals surface area contributed by atoms with E-state index < -0.39 is 5.41 Å². The molecule has 4 saturated carbocycles. The predicted molar refractivity (Wildman–Crippen MR) is 102 cm³/mol. The van der Waals surface area contributed by atoms with Crippen molar-refractivity contribution < 1.29 is 14.3 Å². The smallest absolute Gasteiger partial charge is 0.312 e. The second-order valence-electron chi connectivity index (χ2n) is 9.30. The number of ether oxygens (including phenoxy) is 1. The minimum atomic E-state index is -0.444. The van der Waals surface area contributed by atoms with Gasteiger partial charge < -0.3 is 9.64 Å². The average molecular weight is 388 g/mol. The predicted octanol–water partition coefficient (Wildman–Crippen LogP) is 3.69. The molecule has 4 fully saturated rings. The Balaban J connectivity index is 1.22. The van der Waals surface area contributed by atoms with Crippen LogP contribution in [0.2, 0.25) is 0 Å². The molecule has 6 rings (SSSR count). The van der Waals surface area contributed by atoms with Gasteiger partial charge in [0.2, 0.25) is 0 Å². The lowest BCUT2D eigenvalue weighted by Crippen LogP contribution is -2.56. The van der Waals surface area contributed by atoms with Crippen LogP contribution in [0.3, 0.4) is 0 Å². The van der Waals surface area contributed by atoms with E-state index in [-0.39, 0.29) is 23.4 Å². The minimum Gasteiger partial charge on any atom is -0.455 e. The van der Waals surface area contributed by atoms with Gasteiger partial charge in [0, 0.05) is 18.0 Å². The molecule has 4 aliphatic carbocycles. The molecule has 0 spiro atoms. The zero-order chi connectivity index (χ0) is 18.6. The van der Waals surface area contributed by atoms with Crippen molar-refractivity contribution in [3.05, 3.63) is 35.4 Å². The minimum absolute atomic E-state index is 0.0943. The Bertz CT molecular complexity index is 778. The molecule has 4 bridgehead atoms. The molecule has 0 radical (unpaired) electrons. The number of esters is 1. The highest BCUT2D eigenvalue weighted by atomic mass is 35.5. The maximum Gasteiger partial charge on any atom is 0.312 e. The van der Waals surface area contributed by atoms with Crippen LogP contribution in [0.25, 0.3) is 0 Å². The number of nitrogens with zero attached hydrogens (tertiary/aromatic N) is 1. The maximum absolute atomic E-state index is 13.0. The molecule has 0 aromatic heterocycles. The summed E-state index contributed by atoms with van der Waals surface area (Å²) in [6.07, 6.45) is 6.63. The molecule has 2 unspecified atom stereocenters. The van der Waals surface area contributed by atoms with Gasteiger partial charge in [-0.3, -0.25) is 9.59 Å². The molecule has 5 aliphatic rings. The Morgan fingerprint density at radius 2 is 1.81 bits per heavy atom. The fourth-order valence-corrected chi connectivity index (χ4v) is 7.16. The number of halogens is 1. The molecule has 0 saturated heterocycles. The van der Waals surface area contributed by atoms with Crippen molar-refractivity contribution in [3.63, 3.8) is 0 Å². The van der Waals surface area contributed by atoms with Gasteiger partial charge in [-0.15, -0.1) is 11.6 Å². The molecule has 1 aromatic rings. The van der Waals surface area contributed by atoms with Crippen LogP contribution < -0.4 is 0 Å². The third kappa shape index (κ3) is 3.06. The summed E-state index contributed by atoms with van der Waals surface area (Å²) in [7, 11) is 0. The molecule has 1 heterocycles. The molecule has 0 N–H and O–H groups in total. The number of fused-ring (bicyclic) bond motifs is 1. The van der Waals surface area contributed by atoms with Gasteiger partial charge >= 0.3 is 5.97 Å².